The van der Waals surface area contributed by atoms with E-state index in [-0.39, 0.29) is 6.61 Å². The molecule has 0 saturated heterocycles. The van der Waals surface area contributed by atoms with Crippen molar-refractivity contribution in [3.63, 3.8) is 0 Å². The molecule has 0 aliphatic heterocycles. The van der Waals surface area contributed by atoms with E-state index in [1.54, 1.807) is 24.3 Å². The Balaban J connectivity index is 1.24. The summed E-state index contributed by atoms with van der Waals surface area (Å²) in [5.41, 5.74) is 8.24. The summed E-state index contributed by atoms with van der Waals surface area (Å²) >= 11 is 19.6. The summed E-state index contributed by atoms with van der Waals surface area (Å²) in [5.74, 6) is 8.16. The summed E-state index contributed by atoms with van der Waals surface area (Å²) in [6, 6.07) is 14.8. The summed E-state index contributed by atoms with van der Waals surface area (Å²) in [7, 11) is 0. The average Bonchev–Trinajstić information content (AvgIpc) is 3.68. The molecule has 0 N–H and O–H groups in total. The van der Waals surface area contributed by atoms with Crippen molar-refractivity contribution in [3.05, 3.63) is 103 Å². The lowest BCUT2D eigenvalue weighted by Gasteiger charge is -2.10. The van der Waals surface area contributed by atoms with Crippen LogP contribution in [0.15, 0.2) is 53.1 Å². The Hall–Kier alpha value is -3.56. The molecule has 0 atom stereocenters. The molecule has 0 bridgehead atoms. The van der Waals surface area contributed by atoms with Crippen LogP contribution in [0.4, 0.5) is 0 Å². The van der Waals surface area contributed by atoms with Crippen molar-refractivity contribution in [1.29, 1.82) is 0 Å². The average molecular weight is 589 g/mol. The maximum Gasteiger partial charge on any atom is 0.147 e. The molecule has 1 fully saturated rings. The van der Waals surface area contributed by atoms with E-state index in [1.807, 2.05) is 45.0 Å². The van der Waals surface area contributed by atoms with Gasteiger partial charge in [-0.15, -0.1) is 0 Å². The standard InChI is InChI=1S/C32H24Cl3N3O2/c1-17-13-20(14-28-30(17)37-19(3)18(2)36-28)7-8-21-11-12-23(15-27(21)35)39-16-24-31(38-40-32(24)22-9-10-22)29-25(33)5-4-6-26(29)34/h4-6,11-15,22H,9-10,16H2,1-3H3. The zero-order chi connectivity index (χ0) is 28.0. The molecule has 1 saturated carbocycles. The minimum atomic E-state index is 0.240. The second-order valence-electron chi connectivity index (χ2n) is 9.98. The number of aromatic nitrogens is 3. The zero-order valence-electron chi connectivity index (χ0n) is 22.1. The van der Waals surface area contributed by atoms with E-state index in [1.165, 1.54) is 0 Å². The summed E-state index contributed by atoms with van der Waals surface area (Å²) in [5, 5.41) is 5.84. The molecule has 6 rings (SSSR count). The third kappa shape index (κ3) is 5.28. The van der Waals surface area contributed by atoms with Gasteiger partial charge in [-0.05, 0) is 75.6 Å². The summed E-state index contributed by atoms with van der Waals surface area (Å²) in [4.78, 5) is 9.35. The van der Waals surface area contributed by atoms with Gasteiger partial charge in [-0.3, -0.25) is 0 Å². The lowest BCUT2D eigenvalue weighted by Crippen LogP contribution is -2.00. The Labute approximate surface area is 247 Å². The predicted molar refractivity (Wildman–Crippen MR) is 159 cm³/mol. The Kier molecular flexibility index (Phi) is 7.18. The molecule has 40 heavy (non-hydrogen) atoms. The van der Waals surface area contributed by atoms with Crippen molar-refractivity contribution in [2.75, 3.05) is 0 Å². The number of fused-ring (bicyclic) bond motifs is 1. The Morgan fingerprint density at radius 1 is 0.900 bits per heavy atom. The van der Waals surface area contributed by atoms with Gasteiger partial charge in [-0.2, -0.15) is 0 Å². The van der Waals surface area contributed by atoms with Crippen LogP contribution < -0.4 is 4.74 Å². The van der Waals surface area contributed by atoms with Gasteiger partial charge < -0.3 is 9.26 Å². The van der Waals surface area contributed by atoms with E-state index in [4.69, 9.17) is 44.1 Å². The van der Waals surface area contributed by atoms with Crippen LogP contribution in [0.3, 0.4) is 0 Å². The lowest BCUT2D eigenvalue weighted by atomic mass is 10.0. The highest BCUT2D eigenvalue weighted by atomic mass is 35.5. The second-order valence-corrected chi connectivity index (χ2v) is 11.2. The SMILES string of the molecule is Cc1nc2cc(C#Cc3ccc(OCc4c(-c5c(Cl)cccc5Cl)noc4C4CC4)cc3Cl)cc(C)c2nc1C. The zero-order valence-corrected chi connectivity index (χ0v) is 24.4. The largest absolute Gasteiger partial charge is 0.489 e. The number of halogens is 3. The molecule has 1 aliphatic carbocycles. The summed E-state index contributed by atoms with van der Waals surface area (Å²) in [6.07, 6.45) is 2.11. The quantitative estimate of drug-likeness (QED) is 0.192. The number of nitrogens with zero attached hydrogens (tertiary/aromatic N) is 3. The number of hydrogen-bond donors (Lipinski definition) is 0. The van der Waals surface area contributed by atoms with Gasteiger partial charge in [0.05, 0.1) is 43.1 Å². The molecule has 0 radical (unpaired) electrons. The molecule has 5 aromatic rings. The van der Waals surface area contributed by atoms with Crippen molar-refractivity contribution in [3.8, 4) is 28.8 Å². The topological polar surface area (TPSA) is 61.0 Å². The van der Waals surface area contributed by atoms with Gasteiger partial charge in [0.2, 0.25) is 0 Å². The molecule has 1 aliphatic rings. The fraction of sp³-hybridized carbons (Fsp3) is 0.219. The molecular formula is C32H24Cl3N3O2. The Morgan fingerprint density at radius 3 is 2.38 bits per heavy atom. The number of ether oxygens (including phenoxy) is 1. The van der Waals surface area contributed by atoms with Crippen LogP contribution in [0.2, 0.25) is 15.1 Å². The van der Waals surface area contributed by atoms with Gasteiger partial charge in [-0.25, -0.2) is 9.97 Å². The van der Waals surface area contributed by atoms with Crippen molar-refractivity contribution in [2.24, 2.45) is 0 Å². The molecule has 2 heterocycles. The number of aryl methyl sites for hydroxylation is 3. The maximum atomic E-state index is 6.61. The number of rotatable bonds is 5. The first kappa shape index (κ1) is 26.7. The van der Waals surface area contributed by atoms with E-state index >= 15 is 0 Å². The van der Waals surface area contributed by atoms with Gasteiger partial charge in [0.15, 0.2) is 0 Å². The normalized spacial score (nSPS) is 12.8. The van der Waals surface area contributed by atoms with Crippen LogP contribution in [0, 0.1) is 32.6 Å². The predicted octanol–water partition coefficient (Wildman–Crippen LogP) is 9.03. The van der Waals surface area contributed by atoms with Crippen LogP contribution in [0.5, 0.6) is 5.75 Å². The smallest absolute Gasteiger partial charge is 0.147 e. The number of hydrogen-bond acceptors (Lipinski definition) is 5. The maximum absolute atomic E-state index is 6.61. The van der Waals surface area contributed by atoms with Gasteiger partial charge in [-0.1, -0.05) is 57.9 Å². The van der Waals surface area contributed by atoms with Crippen molar-refractivity contribution in [1.82, 2.24) is 15.1 Å². The number of benzene rings is 3. The van der Waals surface area contributed by atoms with Gasteiger partial charge in [0.25, 0.3) is 0 Å². The van der Waals surface area contributed by atoms with Crippen LogP contribution in [0.25, 0.3) is 22.3 Å². The van der Waals surface area contributed by atoms with Gasteiger partial charge in [0.1, 0.15) is 23.8 Å². The first-order valence-electron chi connectivity index (χ1n) is 12.9. The molecule has 2 aromatic heterocycles. The molecule has 0 unspecified atom stereocenters. The van der Waals surface area contributed by atoms with Gasteiger partial charge >= 0.3 is 0 Å². The van der Waals surface area contributed by atoms with Crippen molar-refractivity contribution in [2.45, 2.75) is 46.1 Å². The lowest BCUT2D eigenvalue weighted by molar-refractivity contribution is 0.300. The van der Waals surface area contributed by atoms with E-state index in [0.717, 1.165) is 57.7 Å². The molecule has 8 heteroatoms. The summed E-state index contributed by atoms with van der Waals surface area (Å²) in [6.45, 7) is 6.19. The molecule has 200 valence electrons. The fourth-order valence-electron chi connectivity index (χ4n) is 4.60. The first-order valence-corrected chi connectivity index (χ1v) is 14.0. The highest BCUT2D eigenvalue weighted by molar-refractivity contribution is 6.39. The Morgan fingerprint density at radius 2 is 1.65 bits per heavy atom. The monoisotopic (exact) mass is 587 g/mol. The van der Waals surface area contributed by atoms with Crippen LogP contribution in [0.1, 0.15) is 58.2 Å². The second kappa shape index (κ2) is 10.8. The van der Waals surface area contributed by atoms with Gasteiger partial charge in [0, 0.05) is 28.7 Å². The molecule has 0 spiro atoms. The minimum absolute atomic E-state index is 0.240. The molecule has 0 amide bonds. The van der Waals surface area contributed by atoms with Crippen molar-refractivity contribution >= 4 is 45.8 Å². The third-order valence-electron chi connectivity index (χ3n) is 7.00. The van der Waals surface area contributed by atoms with Crippen LogP contribution in [-0.2, 0) is 6.61 Å². The first-order chi connectivity index (χ1) is 19.3. The highest BCUT2D eigenvalue weighted by Gasteiger charge is 2.33. The van der Waals surface area contributed by atoms with E-state index in [0.29, 0.717) is 43.6 Å². The molecule has 3 aromatic carbocycles. The van der Waals surface area contributed by atoms with Crippen molar-refractivity contribution < 1.29 is 9.26 Å². The summed E-state index contributed by atoms with van der Waals surface area (Å²) < 4.78 is 11.9. The van der Waals surface area contributed by atoms with E-state index in [2.05, 4.69) is 27.0 Å². The minimum Gasteiger partial charge on any atom is -0.489 e. The van der Waals surface area contributed by atoms with E-state index < -0.39 is 0 Å². The van der Waals surface area contributed by atoms with E-state index in [9.17, 15) is 0 Å². The Bertz CT molecular complexity index is 1830. The third-order valence-corrected chi connectivity index (χ3v) is 7.95. The fourth-order valence-corrected chi connectivity index (χ4v) is 5.40. The van der Waals surface area contributed by atoms with Crippen LogP contribution >= 0.6 is 34.8 Å². The highest BCUT2D eigenvalue weighted by Crippen LogP contribution is 2.46. The molecule has 5 nitrogen and oxygen atoms in total. The molecular weight excluding hydrogens is 565 g/mol. The van der Waals surface area contributed by atoms with Crippen LogP contribution in [-0.4, -0.2) is 15.1 Å².